The lowest BCUT2D eigenvalue weighted by molar-refractivity contribution is 1.11. The predicted octanol–water partition coefficient (Wildman–Crippen LogP) is 4.44. The van der Waals surface area contributed by atoms with Gasteiger partial charge in [0.25, 0.3) is 0 Å². The van der Waals surface area contributed by atoms with E-state index in [1.165, 1.54) is 0 Å². The summed E-state index contributed by atoms with van der Waals surface area (Å²) in [5.41, 5.74) is 8.27. The predicted molar refractivity (Wildman–Crippen MR) is 85.2 cm³/mol. The van der Waals surface area contributed by atoms with Gasteiger partial charge in [-0.15, -0.1) is 0 Å². The molecule has 1 heterocycles. The summed E-state index contributed by atoms with van der Waals surface area (Å²) in [7, 11) is 0. The summed E-state index contributed by atoms with van der Waals surface area (Å²) >= 11 is 18.3. The molecule has 0 aliphatic carbocycles. The molecule has 0 aliphatic rings. The Bertz CT molecular complexity index is 909. The number of benzene rings is 2. The number of nitriles is 1. The van der Waals surface area contributed by atoms with Crippen LogP contribution in [0.15, 0.2) is 30.3 Å². The molecule has 2 aromatic carbocycles. The number of rotatable bonds is 1. The molecule has 1 aromatic heterocycles. The summed E-state index contributed by atoms with van der Waals surface area (Å²) in [6.45, 7) is 0. The van der Waals surface area contributed by atoms with Crippen LogP contribution in [0.1, 0.15) is 5.56 Å². The molecule has 7 heteroatoms. The fourth-order valence-corrected chi connectivity index (χ4v) is 2.62. The van der Waals surface area contributed by atoms with Crippen LogP contribution in [-0.2, 0) is 0 Å². The summed E-state index contributed by atoms with van der Waals surface area (Å²) in [6.07, 6.45) is 0. The number of nitrogens with zero attached hydrogens (tertiary/aromatic N) is 3. The Balaban J connectivity index is 2.38. The van der Waals surface area contributed by atoms with Crippen LogP contribution in [0, 0.1) is 11.3 Å². The van der Waals surface area contributed by atoms with Gasteiger partial charge in [-0.25, -0.2) is 4.98 Å². The Morgan fingerprint density at radius 2 is 1.76 bits per heavy atom. The normalized spacial score (nSPS) is 10.8. The van der Waals surface area contributed by atoms with Gasteiger partial charge in [0, 0.05) is 0 Å². The van der Waals surface area contributed by atoms with E-state index in [1.807, 2.05) is 0 Å². The average molecular weight is 338 g/mol. The second-order valence-electron chi connectivity index (χ2n) is 4.34. The van der Waals surface area contributed by atoms with Gasteiger partial charge in [0.1, 0.15) is 0 Å². The van der Waals surface area contributed by atoms with E-state index < -0.39 is 0 Å². The molecule has 104 valence electrons. The van der Waals surface area contributed by atoms with Crippen LogP contribution in [0.25, 0.3) is 16.7 Å². The summed E-state index contributed by atoms with van der Waals surface area (Å²) in [4.78, 5) is 4.24. The lowest BCUT2D eigenvalue weighted by Gasteiger charge is -2.09. The number of fused-ring (bicyclic) bond motifs is 1. The van der Waals surface area contributed by atoms with Crippen molar-refractivity contribution in [3.63, 3.8) is 0 Å². The molecule has 0 spiro atoms. The van der Waals surface area contributed by atoms with E-state index in [-0.39, 0.29) is 5.95 Å². The molecule has 0 saturated heterocycles. The van der Waals surface area contributed by atoms with E-state index in [0.29, 0.717) is 37.4 Å². The molecule has 0 unspecified atom stereocenters. The first-order chi connectivity index (χ1) is 10.0. The van der Waals surface area contributed by atoms with Crippen molar-refractivity contribution in [1.82, 2.24) is 9.55 Å². The maximum Gasteiger partial charge on any atom is 0.205 e. The fourth-order valence-electron chi connectivity index (χ4n) is 2.10. The molecule has 21 heavy (non-hydrogen) atoms. The topological polar surface area (TPSA) is 67.6 Å². The van der Waals surface area contributed by atoms with Crippen LogP contribution < -0.4 is 5.73 Å². The zero-order valence-electron chi connectivity index (χ0n) is 10.4. The highest BCUT2D eigenvalue weighted by molar-refractivity contribution is 6.42. The van der Waals surface area contributed by atoms with Crippen molar-refractivity contribution in [2.24, 2.45) is 0 Å². The second kappa shape index (κ2) is 5.12. The SMILES string of the molecule is N#Cc1ccc(Cl)c(-n2c(N)nc3cc(Cl)c(Cl)cc32)c1. The van der Waals surface area contributed by atoms with Crippen molar-refractivity contribution in [2.45, 2.75) is 0 Å². The maximum absolute atomic E-state index is 9.03. The average Bonchev–Trinajstić information content (AvgIpc) is 2.75. The van der Waals surface area contributed by atoms with E-state index in [0.717, 1.165) is 0 Å². The highest BCUT2D eigenvalue weighted by Gasteiger charge is 2.15. The minimum atomic E-state index is 0.236. The number of nitrogen functional groups attached to an aromatic ring is 1. The minimum Gasteiger partial charge on any atom is -0.369 e. The van der Waals surface area contributed by atoms with E-state index in [4.69, 9.17) is 45.8 Å². The van der Waals surface area contributed by atoms with Crippen molar-refractivity contribution >= 4 is 51.8 Å². The van der Waals surface area contributed by atoms with Gasteiger partial charge in [-0.2, -0.15) is 5.26 Å². The van der Waals surface area contributed by atoms with Crippen molar-refractivity contribution in [2.75, 3.05) is 5.73 Å². The van der Waals surface area contributed by atoms with Crippen LogP contribution >= 0.6 is 34.8 Å². The number of anilines is 1. The summed E-state index contributed by atoms with van der Waals surface area (Å²) in [5.74, 6) is 0.236. The van der Waals surface area contributed by atoms with Crippen LogP contribution in [0.5, 0.6) is 0 Å². The van der Waals surface area contributed by atoms with Gasteiger partial charge < -0.3 is 5.73 Å². The zero-order valence-corrected chi connectivity index (χ0v) is 12.7. The van der Waals surface area contributed by atoms with Gasteiger partial charge >= 0.3 is 0 Å². The first-order valence-corrected chi connectivity index (χ1v) is 6.97. The smallest absolute Gasteiger partial charge is 0.205 e. The number of hydrogen-bond donors (Lipinski definition) is 1. The van der Waals surface area contributed by atoms with Gasteiger partial charge in [-0.05, 0) is 30.3 Å². The highest BCUT2D eigenvalue weighted by atomic mass is 35.5. The quantitative estimate of drug-likeness (QED) is 0.713. The lowest BCUT2D eigenvalue weighted by atomic mass is 10.2. The molecule has 2 N–H and O–H groups in total. The molecule has 0 amide bonds. The van der Waals surface area contributed by atoms with Gasteiger partial charge in [0.15, 0.2) is 0 Å². The lowest BCUT2D eigenvalue weighted by Crippen LogP contribution is -2.01. The maximum atomic E-state index is 9.03. The van der Waals surface area contributed by atoms with Crippen molar-refractivity contribution in [3.8, 4) is 11.8 Å². The third-order valence-electron chi connectivity index (χ3n) is 3.04. The zero-order chi connectivity index (χ0) is 15.1. The molecule has 3 rings (SSSR count). The summed E-state index contributed by atoms with van der Waals surface area (Å²) in [5, 5.41) is 10.3. The number of halogens is 3. The molecular formula is C14H7Cl3N4. The van der Waals surface area contributed by atoms with E-state index in [2.05, 4.69) is 11.1 Å². The van der Waals surface area contributed by atoms with Crippen molar-refractivity contribution in [3.05, 3.63) is 51.0 Å². The molecule has 0 bridgehead atoms. The Kier molecular flexibility index (Phi) is 3.42. The molecule has 0 radical (unpaired) electrons. The molecule has 0 atom stereocenters. The van der Waals surface area contributed by atoms with Crippen LogP contribution in [0.2, 0.25) is 15.1 Å². The monoisotopic (exact) mass is 336 g/mol. The second-order valence-corrected chi connectivity index (χ2v) is 5.56. The number of hydrogen-bond acceptors (Lipinski definition) is 3. The first-order valence-electron chi connectivity index (χ1n) is 5.84. The van der Waals surface area contributed by atoms with Gasteiger partial charge in [-0.3, -0.25) is 4.57 Å². The third kappa shape index (κ3) is 2.30. The van der Waals surface area contributed by atoms with E-state index in [9.17, 15) is 0 Å². The summed E-state index contributed by atoms with van der Waals surface area (Å²) in [6, 6.07) is 10.3. The summed E-state index contributed by atoms with van der Waals surface area (Å²) < 4.78 is 1.64. The van der Waals surface area contributed by atoms with E-state index in [1.54, 1.807) is 34.9 Å². The Labute approximate surface area is 135 Å². The standard InChI is InChI=1S/C14H7Cl3N4/c15-8-2-1-7(6-18)3-12(8)21-13-5-10(17)9(16)4-11(13)20-14(21)19/h1-5H,(H2,19,20). The highest BCUT2D eigenvalue weighted by Crippen LogP contribution is 2.33. The molecule has 3 aromatic rings. The number of nitrogens with two attached hydrogens (primary N) is 1. The number of aromatic nitrogens is 2. The van der Waals surface area contributed by atoms with Gasteiger partial charge in [0.05, 0.1) is 43.4 Å². The minimum absolute atomic E-state index is 0.236. The fraction of sp³-hybridized carbons (Fsp3) is 0. The Hall–Kier alpha value is -1.93. The van der Waals surface area contributed by atoms with Gasteiger partial charge in [0.2, 0.25) is 5.95 Å². The molecule has 0 aliphatic heterocycles. The van der Waals surface area contributed by atoms with Crippen LogP contribution in [-0.4, -0.2) is 9.55 Å². The molecule has 0 saturated carbocycles. The van der Waals surface area contributed by atoms with Crippen molar-refractivity contribution < 1.29 is 0 Å². The van der Waals surface area contributed by atoms with Crippen LogP contribution in [0.4, 0.5) is 5.95 Å². The third-order valence-corrected chi connectivity index (χ3v) is 4.08. The molecule has 0 fully saturated rings. The molecular weight excluding hydrogens is 331 g/mol. The Morgan fingerprint density at radius 3 is 2.48 bits per heavy atom. The van der Waals surface area contributed by atoms with Gasteiger partial charge in [-0.1, -0.05) is 34.8 Å². The Morgan fingerprint density at radius 1 is 1.05 bits per heavy atom. The number of imidazole rings is 1. The van der Waals surface area contributed by atoms with Crippen LogP contribution in [0.3, 0.4) is 0 Å². The van der Waals surface area contributed by atoms with Crippen molar-refractivity contribution in [1.29, 1.82) is 5.26 Å². The largest absolute Gasteiger partial charge is 0.369 e. The van der Waals surface area contributed by atoms with E-state index >= 15 is 0 Å². The molecule has 4 nitrogen and oxygen atoms in total. The first kappa shape index (κ1) is 14.0.